The summed E-state index contributed by atoms with van der Waals surface area (Å²) in [6.07, 6.45) is 0.177. The molecule has 0 aromatic heterocycles. The molecule has 0 bridgehead atoms. The van der Waals surface area contributed by atoms with Gasteiger partial charge in [0.2, 0.25) is 11.8 Å². The molecule has 9 nitrogen and oxygen atoms in total. The highest BCUT2D eigenvalue weighted by molar-refractivity contribution is 6.20. The predicted molar refractivity (Wildman–Crippen MR) is 115 cm³/mol. The molecule has 3 heterocycles. The molecule has 2 aromatic carbocycles. The molecule has 0 radical (unpaired) electrons. The van der Waals surface area contributed by atoms with Crippen LogP contribution >= 0.6 is 0 Å². The van der Waals surface area contributed by atoms with Crippen LogP contribution < -0.4 is 30.9 Å². The van der Waals surface area contributed by atoms with Crippen molar-refractivity contribution in [2.75, 3.05) is 42.3 Å². The van der Waals surface area contributed by atoms with E-state index in [2.05, 4.69) is 20.4 Å². The summed E-state index contributed by atoms with van der Waals surface area (Å²) in [5, 5.41) is 4.63. The molecular weight excluding hydrogens is 398 g/mol. The van der Waals surface area contributed by atoms with Gasteiger partial charge in [0.15, 0.2) is 5.41 Å². The highest BCUT2D eigenvalue weighted by Gasteiger charge is 2.60. The first kappa shape index (κ1) is 19.2. The van der Waals surface area contributed by atoms with E-state index in [4.69, 9.17) is 10.5 Å². The number of imide groups is 2. The van der Waals surface area contributed by atoms with Crippen molar-refractivity contribution in [2.24, 2.45) is 5.41 Å². The minimum absolute atomic E-state index is 0.177. The van der Waals surface area contributed by atoms with Gasteiger partial charge in [-0.25, -0.2) is 4.79 Å². The monoisotopic (exact) mass is 421 g/mol. The third-order valence-electron chi connectivity index (χ3n) is 6.53. The number of nitrogen functional groups attached to an aromatic ring is 1. The van der Waals surface area contributed by atoms with Gasteiger partial charge in [-0.2, -0.15) is 0 Å². The van der Waals surface area contributed by atoms with Gasteiger partial charge in [-0.3, -0.25) is 20.2 Å². The molecule has 3 aliphatic rings. The van der Waals surface area contributed by atoms with Gasteiger partial charge in [-0.05, 0) is 54.4 Å². The first-order valence-electron chi connectivity index (χ1n) is 10.1. The summed E-state index contributed by atoms with van der Waals surface area (Å²) < 4.78 is 5.24. The van der Waals surface area contributed by atoms with Gasteiger partial charge >= 0.3 is 6.03 Å². The lowest BCUT2D eigenvalue weighted by molar-refractivity contribution is -0.146. The van der Waals surface area contributed by atoms with Gasteiger partial charge in [-0.15, -0.1) is 0 Å². The molecule has 0 unspecified atom stereocenters. The summed E-state index contributed by atoms with van der Waals surface area (Å²) in [5.74, 6) is -0.380. The lowest BCUT2D eigenvalue weighted by Gasteiger charge is -2.54. The summed E-state index contributed by atoms with van der Waals surface area (Å²) >= 11 is 0. The fraction of sp³-hybridized carbons (Fsp3) is 0.318. The van der Waals surface area contributed by atoms with Crippen molar-refractivity contribution in [3.63, 3.8) is 0 Å². The smallest absolute Gasteiger partial charge is 0.328 e. The Labute approximate surface area is 179 Å². The first-order chi connectivity index (χ1) is 14.9. The SMILES string of the molecule is COc1ccc(N2CCN3c4ccc(N)cc4CC4(C(=O)NC(=O)NC4=O)[C@H]3C2)cc1. The number of carbonyl (C=O) groups is 3. The molecule has 0 saturated carbocycles. The van der Waals surface area contributed by atoms with Crippen LogP contribution in [0.1, 0.15) is 5.56 Å². The van der Waals surface area contributed by atoms with Crippen molar-refractivity contribution in [3.05, 3.63) is 48.0 Å². The molecule has 0 aliphatic carbocycles. The van der Waals surface area contributed by atoms with E-state index < -0.39 is 29.3 Å². The van der Waals surface area contributed by atoms with Gasteiger partial charge in [0.25, 0.3) is 0 Å². The maximum Gasteiger partial charge on any atom is 0.328 e. The van der Waals surface area contributed by atoms with Crippen molar-refractivity contribution >= 4 is 34.9 Å². The van der Waals surface area contributed by atoms with Crippen LogP contribution in [0.5, 0.6) is 5.75 Å². The third-order valence-corrected chi connectivity index (χ3v) is 6.53. The van der Waals surface area contributed by atoms with E-state index in [0.29, 0.717) is 25.3 Å². The zero-order valence-electron chi connectivity index (χ0n) is 17.1. The largest absolute Gasteiger partial charge is 0.497 e. The molecule has 3 aliphatic heterocycles. The number of benzene rings is 2. The second-order valence-electron chi connectivity index (χ2n) is 8.13. The molecule has 31 heavy (non-hydrogen) atoms. The number of nitrogens with one attached hydrogen (secondary N) is 2. The molecule has 1 spiro atoms. The summed E-state index contributed by atoms with van der Waals surface area (Å²) in [4.78, 5) is 42.4. The van der Waals surface area contributed by atoms with Gasteiger partial charge in [0.1, 0.15) is 5.75 Å². The second kappa shape index (κ2) is 6.90. The Morgan fingerprint density at radius 1 is 1.03 bits per heavy atom. The molecule has 160 valence electrons. The molecule has 1 atom stereocenters. The zero-order chi connectivity index (χ0) is 21.8. The number of anilines is 3. The number of nitrogens with zero attached hydrogens (tertiary/aromatic N) is 2. The standard InChI is InChI=1S/C22H23N5O4/c1-31-16-5-3-15(4-6-16)26-8-9-27-17-7-2-14(23)10-13(17)11-22(18(27)12-26)19(28)24-21(30)25-20(22)29/h2-7,10,18H,8-9,11-12,23H2,1H3,(H2,24,25,28,29,30)/t18-/m1/s1. The van der Waals surface area contributed by atoms with E-state index in [0.717, 1.165) is 22.7 Å². The Hall–Kier alpha value is -3.75. The van der Waals surface area contributed by atoms with Gasteiger partial charge in [-0.1, -0.05) is 0 Å². The number of carbonyl (C=O) groups excluding carboxylic acids is 3. The maximum absolute atomic E-state index is 13.2. The summed E-state index contributed by atoms with van der Waals surface area (Å²) in [6, 6.07) is 12.0. The first-order valence-corrected chi connectivity index (χ1v) is 10.1. The highest BCUT2D eigenvalue weighted by atomic mass is 16.5. The van der Waals surface area contributed by atoms with Crippen LogP contribution in [0.3, 0.4) is 0 Å². The van der Waals surface area contributed by atoms with Crippen LogP contribution in [0.15, 0.2) is 42.5 Å². The van der Waals surface area contributed by atoms with Crippen molar-refractivity contribution in [1.29, 1.82) is 0 Å². The minimum atomic E-state index is -1.43. The van der Waals surface area contributed by atoms with Crippen LogP contribution in [-0.4, -0.2) is 50.6 Å². The van der Waals surface area contributed by atoms with Crippen LogP contribution in [0.4, 0.5) is 21.9 Å². The predicted octanol–water partition coefficient (Wildman–Crippen LogP) is 0.881. The molecular formula is C22H23N5O4. The highest BCUT2D eigenvalue weighted by Crippen LogP contribution is 2.45. The Kier molecular flexibility index (Phi) is 4.28. The van der Waals surface area contributed by atoms with E-state index in [-0.39, 0.29) is 6.42 Å². The fourth-order valence-electron chi connectivity index (χ4n) is 4.99. The number of nitrogens with two attached hydrogens (primary N) is 1. The number of urea groups is 1. The van der Waals surface area contributed by atoms with Crippen molar-refractivity contribution in [1.82, 2.24) is 10.6 Å². The van der Waals surface area contributed by atoms with Crippen molar-refractivity contribution in [2.45, 2.75) is 12.5 Å². The number of methoxy groups -OCH3 is 1. The number of rotatable bonds is 2. The Morgan fingerprint density at radius 2 is 1.74 bits per heavy atom. The molecule has 2 saturated heterocycles. The normalized spacial score (nSPS) is 21.8. The Balaban J connectivity index is 1.58. The van der Waals surface area contributed by atoms with Gasteiger partial charge in [0, 0.05) is 36.7 Å². The lowest BCUT2D eigenvalue weighted by atomic mass is 9.68. The summed E-state index contributed by atoms with van der Waals surface area (Å²) in [7, 11) is 1.62. The Morgan fingerprint density at radius 3 is 2.42 bits per heavy atom. The quantitative estimate of drug-likeness (QED) is 0.487. The van der Waals surface area contributed by atoms with E-state index in [1.807, 2.05) is 36.4 Å². The lowest BCUT2D eigenvalue weighted by Crippen LogP contribution is -2.74. The van der Waals surface area contributed by atoms with E-state index >= 15 is 0 Å². The minimum Gasteiger partial charge on any atom is -0.497 e. The Bertz CT molecular complexity index is 1060. The topological polar surface area (TPSA) is 117 Å². The molecule has 9 heteroatoms. The zero-order valence-corrected chi connectivity index (χ0v) is 17.1. The number of fused-ring (bicyclic) bond motifs is 4. The molecule has 5 rings (SSSR count). The van der Waals surface area contributed by atoms with Crippen LogP contribution in [0.25, 0.3) is 0 Å². The average Bonchev–Trinajstić information content (AvgIpc) is 2.76. The van der Waals surface area contributed by atoms with Crippen molar-refractivity contribution < 1.29 is 19.1 Å². The second-order valence-corrected chi connectivity index (χ2v) is 8.13. The van der Waals surface area contributed by atoms with E-state index in [9.17, 15) is 14.4 Å². The van der Waals surface area contributed by atoms with Crippen LogP contribution in [0, 0.1) is 5.41 Å². The number of ether oxygens (including phenoxy) is 1. The maximum atomic E-state index is 13.2. The van der Waals surface area contributed by atoms with Gasteiger partial charge < -0.3 is 20.3 Å². The number of amides is 4. The van der Waals surface area contributed by atoms with Gasteiger partial charge in [0.05, 0.1) is 13.2 Å². The fourth-order valence-corrected chi connectivity index (χ4v) is 4.99. The average molecular weight is 421 g/mol. The number of barbiturate groups is 1. The molecule has 4 N–H and O–H groups in total. The molecule has 2 fully saturated rings. The number of hydrogen-bond donors (Lipinski definition) is 3. The summed E-state index contributed by atoms with van der Waals surface area (Å²) in [5.41, 5.74) is 7.90. The third kappa shape index (κ3) is 2.88. The van der Waals surface area contributed by atoms with E-state index in [1.165, 1.54) is 0 Å². The number of piperazine rings is 1. The summed E-state index contributed by atoms with van der Waals surface area (Å²) in [6.45, 7) is 1.78. The van der Waals surface area contributed by atoms with Crippen LogP contribution in [-0.2, 0) is 16.0 Å². The van der Waals surface area contributed by atoms with E-state index in [1.54, 1.807) is 13.2 Å². The van der Waals surface area contributed by atoms with Crippen molar-refractivity contribution in [3.8, 4) is 5.75 Å². The van der Waals surface area contributed by atoms with Crippen LogP contribution in [0.2, 0.25) is 0 Å². The molecule has 4 amide bonds. The molecule has 2 aromatic rings. The number of hydrogen-bond acceptors (Lipinski definition) is 7.